The Hall–Kier alpha value is -1.48. The van der Waals surface area contributed by atoms with Crippen LogP contribution in [0.5, 0.6) is 0 Å². The fraction of sp³-hybridized carbons (Fsp3) is 0.742. The first-order chi connectivity index (χ1) is 16.5. The fourth-order valence-corrected chi connectivity index (χ4v) is 9.33. The average Bonchev–Trinajstić information content (AvgIpc) is 3.61. The van der Waals surface area contributed by atoms with Crippen LogP contribution in [0.1, 0.15) is 96.8 Å². The number of hydrogen-bond donors (Lipinski definition) is 1. The van der Waals surface area contributed by atoms with Crippen molar-refractivity contribution in [3.05, 3.63) is 48.0 Å². The Labute approximate surface area is 206 Å². The Morgan fingerprint density at radius 3 is 2.47 bits per heavy atom. The lowest BCUT2D eigenvalue weighted by Crippen LogP contribution is -2.56. The van der Waals surface area contributed by atoms with Crippen molar-refractivity contribution in [2.75, 3.05) is 6.61 Å². The van der Waals surface area contributed by atoms with Crippen LogP contribution in [0, 0.1) is 28.6 Å². The molecule has 1 N–H and O–H groups in total. The van der Waals surface area contributed by atoms with Crippen LogP contribution in [0.3, 0.4) is 0 Å². The summed E-state index contributed by atoms with van der Waals surface area (Å²) in [6.07, 6.45) is 25.6. The van der Waals surface area contributed by atoms with E-state index in [1.165, 1.54) is 55.6 Å². The Morgan fingerprint density at radius 1 is 1.00 bits per heavy atom. The SMILES string of the molecule is C=CC1(OC2=CCCC2)CC[C@H]2[C@@H]3CC=C4CC(OC5=CCCC5)CC[C@]4(CO)[C@@H]3CC[C@@]21C. The molecule has 3 saturated carbocycles. The highest BCUT2D eigenvalue weighted by molar-refractivity contribution is 5.29. The summed E-state index contributed by atoms with van der Waals surface area (Å²) in [5, 5.41) is 10.9. The summed E-state index contributed by atoms with van der Waals surface area (Å²) in [5.74, 6) is 4.30. The molecule has 34 heavy (non-hydrogen) atoms. The van der Waals surface area contributed by atoms with Gasteiger partial charge in [0, 0.05) is 30.1 Å². The molecule has 0 aromatic rings. The molecule has 0 spiro atoms. The van der Waals surface area contributed by atoms with Crippen molar-refractivity contribution in [2.24, 2.45) is 28.6 Å². The predicted octanol–water partition coefficient (Wildman–Crippen LogP) is 7.38. The highest BCUT2D eigenvalue weighted by Crippen LogP contribution is 2.68. The second-order valence-corrected chi connectivity index (χ2v) is 12.5. The highest BCUT2D eigenvalue weighted by atomic mass is 16.5. The molecular formula is C31H44O3. The number of rotatable bonds is 6. The molecule has 2 unspecified atom stereocenters. The third-order valence-corrected chi connectivity index (χ3v) is 11.2. The van der Waals surface area contributed by atoms with Gasteiger partial charge in [-0.15, -0.1) is 0 Å². The van der Waals surface area contributed by atoms with E-state index in [1.807, 2.05) is 0 Å². The summed E-state index contributed by atoms with van der Waals surface area (Å²) in [5.41, 5.74) is 1.39. The molecule has 0 radical (unpaired) electrons. The zero-order valence-electron chi connectivity index (χ0n) is 21.2. The number of fused-ring (bicyclic) bond motifs is 5. The van der Waals surface area contributed by atoms with Gasteiger partial charge in [0.2, 0.25) is 0 Å². The molecule has 0 aromatic carbocycles. The summed E-state index contributed by atoms with van der Waals surface area (Å²) in [7, 11) is 0. The van der Waals surface area contributed by atoms with E-state index >= 15 is 0 Å². The van der Waals surface area contributed by atoms with Gasteiger partial charge in [0.25, 0.3) is 0 Å². The quantitative estimate of drug-likeness (QED) is 0.417. The third kappa shape index (κ3) is 3.32. The normalized spacial score (nSPS) is 45.4. The fourth-order valence-electron chi connectivity index (χ4n) is 9.33. The summed E-state index contributed by atoms with van der Waals surface area (Å²) >= 11 is 0. The molecule has 186 valence electrons. The van der Waals surface area contributed by atoms with E-state index in [0.717, 1.165) is 51.4 Å². The second-order valence-electron chi connectivity index (χ2n) is 12.5. The maximum atomic E-state index is 10.9. The van der Waals surface area contributed by atoms with Crippen LogP contribution >= 0.6 is 0 Å². The topological polar surface area (TPSA) is 38.7 Å². The van der Waals surface area contributed by atoms with Gasteiger partial charge in [0.05, 0.1) is 18.1 Å². The van der Waals surface area contributed by atoms with Crippen LogP contribution in [0.4, 0.5) is 0 Å². The molecule has 0 saturated heterocycles. The van der Waals surface area contributed by atoms with Crippen LogP contribution in [-0.2, 0) is 9.47 Å². The zero-order valence-corrected chi connectivity index (χ0v) is 21.2. The first kappa shape index (κ1) is 23.0. The minimum atomic E-state index is -0.227. The largest absolute Gasteiger partial charge is 0.495 e. The highest BCUT2D eigenvalue weighted by Gasteiger charge is 2.65. The molecule has 3 heteroatoms. The van der Waals surface area contributed by atoms with Gasteiger partial charge in [0.1, 0.15) is 11.7 Å². The second kappa shape index (κ2) is 8.57. The Morgan fingerprint density at radius 2 is 1.76 bits per heavy atom. The van der Waals surface area contributed by atoms with E-state index in [1.54, 1.807) is 0 Å². The van der Waals surface area contributed by atoms with Gasteiger partial charge < -0.3 is 14.6 Å². The summed E-state index contributed by atoms with van der Waals surface area (Å²) in [6, 6.07) is 0. The Kier molecular flexibility index (Phi) is 5.79. The summed E-state index contributed by atoms with van der Waals surface area (Å²) < 4.78 is 13.3. The maximum absolute atomic E-state index is 10.9. The maximum Gasteiger partial charge on any atom is 0.132 e. The minimum Gasteiger partial charge on any atom is -0.495 e. The van der Waals surface area contributed by atoms with E-state index in [0.29, 0.717) is 30.5 Å². The molecule has 0 aliphatic heterocycles. The van der Waals surface area contributed by atoms with Crippen LogP contribution in [-0.4, -0.2) is 23.4 Å². The zero-order chi connectivity index (χ0) is 23.4. The molecule has 0 aromatic heterocycles. The predicted molar refractivity (Wildman–Crippen MR) is 136 cm³/mol. The standard InChI is InChI=1S/C31H44O3/c1-3-31(34-24-10-6-7-11-24)19-16-27-26-13-12-22-20-25(33-23-8-4-5-9-23)14-18-30(22,21-32)28(26)15-17-29(27,31)2/h3,8,10,12,25-28,32H,1,4-7,9,11,13-21H2,2H3/t25?,26-,27-,28+,29-,30+,31?/m0/s1. The molecular weight excluding hydrogens is 420 g/mol. The monoisotopic (exact) mass is 464 g/mol. The van der Waals surface area contributed by atoms with E-state index in [-0.39, 0.29) is 16.4 Å². The van der Waals surface area contributed by atoms with Crippen molar-refractivity contribution in [1.29, 1.82) is 0 Å². The Bertz CT molecular complexity index is 914. The smallest absolute Gasteiger partial charge is 0.132 e. The van der Waals surface area contributed by atoms with Gasteiger partial charge in [-0.2, -0.15) is 0 Å². The summed E-state index contributed by atoms with van der Waals surface area (Å²) in [6.45, 7) is 7.12. The van der Waals surface area contributed by atoms with Crippen molar-refractivity contribution >= 4 is 0 Å². The van der Waals surface area contributed by atoms with Crippen molar-refractivity contribution in [2.45, 2.75) is 109 Å². The van der Waals surface area contributed by atoms with Crippen molar-refractivity contribution < 1.29 is 14.6 Å². The third-order valence-electron chi connectivity index (χ3n) is 11.2. The van der Waals surface area contributed by atoms with Crippen LogP contribution < -0.4 is 0 Å². The summed E-state index contributed by atoms with van der Waals surface area (Å²) in [4.78, 5) is 0. The first-order valence-corrected chi connectivity index (χ1v) is 14.2. The first-order valence-electron chi connectivity index (χ1n) is 14.2. The molecule has 3 nitrogen and oxygen atoms in total. The number of hydrogen-bond acceptors (Lipinski definition) is 3. The van der Waals surface area contributed by atoms with Crippen LogP contribution in [0.2, 0.25) is 0 Å². The Balaban J connectivity index is 1.25. The molecule has 0 amide bonds. The van der Waals surface area contributed by atoms with Gasteiger partial charge >= 0.3 is 0 Å². The lowest BCUT2D eigenvalue weighted by molar-refractivity contribution is -0.122. The van der Waals surface area contributed by atoms with Crippen molar-refractivity contribution in [3.8, 4) is 0 Å². The van der Waals surface area contributed by atoms with Crippen LogP contribution in [0.15, 0.2) is 48.0 Å². The minimum absolute atomic E-state index is 0.0254. The van der Waals surface area contributed by atoms with Gasteiger partial charge in [-0.25, -0.2) is 0 Å². The lowest BCUT2D eigenvalue weighted by Gasteiger charge is -2.59. The number of ether oxygens (including phenoxy) is 2. The van der Waals surface area contributed by atoms with Crippen LogP contribution in [0.25, 0.3) is 0 Å². The van der Waals surface area contributed by atoms with Gasteiger partial charge in [-0.05, 0) is 107 Å². The molecule has 7 atom stereocenters. The molecule has 0 heterocycles. The van der Waals surface area contributed by atoms with E-state index in [2.05, 4.69) is 37.8 Å². The number of allylic oxidation sites excluding steroid dienone is 5. The lowest BCUT2D eigenvalue weighted by atomic mass is 9.46. The van der Waals surface area contributed by atoms with Gasteiger partial charge in [-0.3, -0.25) is 0 Å². The van der Waals surface area contributed by atoms with E-state index < -0.39 is 0 Å². The molecule has 0 bridgehead atoms. The van der Waals surface area contributed by atoms with Crippen molar-refractivity contribution in [3.63, 3.8) is 0 Å². The molecule has 3 fully saturated rings. The molecule has 6 rings (SSSR count). The van der Waals surface area contributed by atoms with E-state index in [4.69, 9.17) is 9.47 Å². The van der Waals surface area contributed by atoms with Gasteiger partial charge in [-0.1, -0.05) is 25.2 Å². The van der Waals surface area contributed by atoms with Crippen molar-refractivity contribution in [1.82, 2.24) is 0 Å². The average molecular weight is 465 g/mol. The van der Waals surface area contributed by atoms with Gasteiger partial charge in [0.15, 0.2) is 0 Å². The number of aliphatic hydroxyl groups is 1. The number of aliphatic hydroxyl groups excluding tert-OH is 1. The molecule has 6 aliphatic carbocycles. The van der Waals surface area contributed by atoms with E-state index in [9.17, 15) is 5.11 Å². The molecule has 6 aliphatic rings.